The van der Waals surface area contributed by atoms with Crippen LogP contribution in [0.25, 0.3) is 0 Å². The SMILES string of the molecule is O=C(CC[C@H]1COc2ccccc2O1)Nc1ccc(Cl)nc1. The van der Waals surface area contributed by atoms with Crippen LogP contribution in [0.5, 0.6) is 11.5 Å². The molecule has 0 saturated heterocycles. The van der Waals surface area contributed by atoms with Gasteiger partial charge >= 0.3 is 0 Å². The summed E-state index contributed by atoms with van der Waals surface area (Å²) in [6, 6.07) is 10.9. The molecule has 1 aromatic heterocycles. The Balaban J connectivity index is 1.49. The second kappa shape index (κ2) is 6.66. The number of amides is 1. The molecular weight excluding hydrogens is 304 g/mol. The first-order valence-electron chi connectivity index (χ1n) is 7.00. The molecule has 114 valence electrons. The van der Waals surface area contributed by atoms with Crippen molar-refractivity contribution >= 4 is 23.2 Å². The fourth-order valence-corrected chi connectivity index (χ4v) is 2.28. The summed E-state index contributed by atoms with van der Waals surface area (Å²) < 4.78 is 11.4. The first-order chi connectivity index (χ1) is 10.7. The molecule has 0 aliphatic carbocycles. The van der Waals surface area contributed by atoms with E-state index in [1.165, 1.54) is 6.20 Å². The monoisotopic (exact) mass is 318 g/mol. The second-order valence-electron chi connectivity index (χ2n) is 4.95. The Bertz CT molecular complexity index is 661. The summed E-state index contributed by atoms with van der Waals surface area (Å²) >= 11 is 5.70. The molecule has 0 spiro atoms. The van der Waals surface area contributed by atoms with E-state index < -0.39 is 0 Å². The lowest BCUT2D eigenvalue weighted by molar-refractivity contribution is -0.116. The highest BCUT2D eigenvalue weighted by Crippen LogP contribution is 2.31. The van der Waals surface area contributed by atoms with Crippen molar-refractivity contribution in [2.75, 3.05) is 11.9 Å². The smallest absolute Gasteiger partial charge is 0.224 e. The number of rotatable bonds is 4. The molecule has 6 heteroatoms. The van der Waals surface area contributed by atoms with E-state index in [0.717, 1.165) is 11.5 Å². The molecule has 2 heterocycles. The minimum absolute atomic E-state index is 0.0911. The van der Waals surface area contributed by atoms with Gasteiger partial charge in [-0.3, -0.25) is 4.79 Å². The number of anilines is 1. The lowest BCUT2D eigenvalue weighted by Gasteiger charge is -2.26. The normalized spacial score (nSPS) is 16.1. The van der Waals surface area contributed by atoms with Crippen LogP contribution in [0.4, 0.5) is 5.69 Å². The number of carbonyl (C=O) groups excluding carboxylic acids is 1. The first kappa shape index (κ1) is 14.7. The molecule has 0 radical (unpaired) electrons. The maximum atomic E-state index is 11.9. The van der Waals surface area contributed by atoms with Crippen LogP contribution < -0.4 is 14.8 Å². The van der Waals surface area contributed by atoms with E-state index in [0.29, 0.717) is 30.3 Å². The number of fused-ring (bicyclic) bond motifs is 1. The summed E-state index contributed by atoms with van der Waals surface area (Å²) in [6.07, 6.45) is 2.33. The molecule has 1 amide bonds. The zero-order valence-corrected chi connectivity index (χ0v) is 12.5. The predicted octanol–water partition coefficient (Wildman–Crippen LogP) is 3.29. The Morgan fingerprint density at radius 3 is 2.86 bits per heavy atom. The number of hydrogen-bond acceptors (Lipinski definition) is 4. The number of ether oxygens (including phenoxy) is 2. The Labute approximate surface area is 133 Å². The average Bonchev–Trinajstić information content (AvgIpc) is 2.55. The molecule has 1 aliphatic rings. The average molecular weight is 319 g/mol. The Morgan fingerprint density at radius 1 is 1.27 bits per heavy atom. The molecule has 0 fully saturated rings. The van der Waals surface area contributed by atoms with Gasteiger partial charge in [-0.05, 0) is 30.7 Å². The highest BCUT2D eigenvalue weighted by molar-refractivity contribution is 6.29. The molecular formula is C16H15ClN2O3. The summed E-state index contributed by atoms with van der Waals surface area (Å²) in [5.74, 6) is 1.38. The van der Waals surface area contributed by atoms with E-state index in [-0.39, 0.29) is 12.0 Å². The van der Waals surface area contributed by atoms with E-state index in [2.05, 4.69) is 10.3 Å². The molecule has 1 N–H and O–H groups in total. The second-order valence-corrected chi connectivity index (χ2v) is 5.34. The van der Waals surface area contributed by atoms with Gasteiger partial charge in [0.2, 0.25) is 5.91 Å². The van der Waals surface area contributed by atoms with E-state index >= 15 is 0 Å². The molecule has 3 rings (SSSR count). The number of benzene rings is 1. The van der Waals surface area contributed by atoms with Crippen molar-refractivity contribution in [2.24, 2.45) is 0 Å². The molecule has 22 heavy (non-hydrogen) atoms. The van der Waals surface area contributed by atoms with E-state index in [1.54, 1.807) is 12.1 Å². The molecule has 1 atom stereocenters. The van der Waals surface area contributed by atoms with Crippen LogP contribution in [0.15, 0.2) is 42.6 Å². The van der Waals surface area contributed by atoms with Crippen LogP contribution in [-0.2, 0) is 4.79 Å². The van der Waals surface area contributed by atoms with Crippen LogP contribution in [0.2, 0.25) is 5.15 Å². The minimum Gasteiger partial charge on any atom is -0.486 e. The highest BCUT2D eigenvalue weighted by atomic mass is 35.5. The fraction of sp³-hybridized carbons (Fsp3) is 0.250. The van der Waals surface area contributed by atoms with Gasteiger partial charge in [-0.1, -0.05) is 23.7 Å². The first-order valence-corrected chi connectivity index (χ1v) is 7.38. The van der Waals surface area contributed by atoms with Crippen molar-refractivity contribution in [2.45, 2.75) is 18.9 Å². The third-order valence-electron chi connectivity index (χ3n) is 3.27. The van der Waals surface area contributed by atoms with Gasteiger partial charge in [0.25, 0.3) is 0 Å². The van der Waals surface area contributed by atoms with Crippen molar-refractivity contribution in [1.82, 2.24) is 4.98 Å². The van der Waals surface area contributed by atoms with Crippen molar-refractivity contribution in [3.63, 3.8) is 0 Å². The molecule has 5 nitrogen and oxygen atoms in total. The standard InChI is InChI=1S/C16H15ClN2O3/c17-15-7-5-11(9-18-15)19-16(20)8-6-12-10-21-13-3-1-2-4-14(13)22-12/h1-5,7,9,12H,6,8,10H2,(H,19,20)/t12-/m0/s1. The van der Waals surface area contributed by atoms with E-state index in [4.69, 9.17) is 21.1 Å². The highest BCUT2D eigenvalue weighted by Gasteiger charge is 2.21. The lowest BCUT2D eigenvalue weighted by Crippen LogP contribution is -2.30. The zero-order chi connectivity index (χ0) is 15.4. The van der Waals surface area contributed by atoms with Gasteiger partial charge in [-0.25, -0.2) is 4.98 Å². The van der Waals surface area contributed by atoms with Crippen LogP contribution in [0.1, 0.15) is 12.8 Å². The Hall–Kier alpha value is -2.27. The van der Waals surface area contributed by atoms with Crippen LogP contribution in [0, 0.1) is 0 Å². The van der Waals surface area contributed by atoms with Gasteiger partial charge in [0.1, 0.15) is 17.9 Å². The molecule has 1 aliphatic heterocycles. The Morgan fingerprint density at radius 2 is 2.09 bits per heavy atom. The number of nitrogens with zero attached hydrogens (tertiary/aromatic N) is 1. The molecule has 0 unspecified atom stereocenters. The van der Waals surface area contributed by atoms with Crippen molar-refractivity contribution in [1.29, 1.82) is 0 Å². The molecule has 0 saturated carbocycles. The maximum absolute atomic E-state index is 11.9. The summed E-state index contributed by atoms with van der Waals surface area (Å²) in [5, 5.41) is 3.16. The number of aromatic nitrogens is 1. The van der Waals surface area contributed by atoms with E-state index in [1.807, 2.05) is 24.3 Å². The summed E-state index contributed by atoms with van der Waals surface area (Å²) in [6.45, 7) is 0.451. The third kappa shape index (κ3) is 3.68. The quantitative estimate of drug-likeness (QED) is 0.879. The number of para-hydroxylation sites is 2. The number of nitrogens with one attached hydrogen (secondary N) is 1. The Kier molecular flexibility index (Phi) is 4.44. The van der Waals surface area contributed by atoms with Gasteiger partial charge < -0.3 is 14.8 Å². The van der Waals surface area contributed by atoms with Gasteiger partial charge in [-0.2, -0.15) is 0 Å². The van der Waals surface area contributed by atoms with Crippen LogP contribution in [0.3, 0.4) is 0 Å². The van der Waals surface area contributed by atoms with E-state index in [9.17, 15) is 4.79 Å². The van der Waals surface area contributed by atoms with Crippen LogP contribution in [-0.4, -0.2) is 23.6 Å². The molecule has 2 aromatic rings. The number of halogens is 1. The molecule has 0 bridgehead atoms. The summed E-state index contributed by atoms with van der Waals surface area (Å²) in [4.78, 5) is 15.8. The maximum Gasteiger partial charge on any atom is 0.224 e. The lowest BCUT2D eigenvalue weighted by atomic mass is 10.1. The number of carbonyl (C=O) groups is 1. The zero-order valence-electron chi connectivity index (χ0n) is 11.8. The summed E-state index contributed by atoms with van der Waals surface area (Å²) in [5.41, 5.74) is 0.626. The van der Waals surface area contributed by atoms with Crippen molar-refractivity contribution < 1.29 is 14.3 Å². The topological polar surface area (TPSA) is 60.5 Å². The van der Waals surface area contributed by atoms with Gasteiger partial charge in [0.05, 0.1) is 11.9 Å². The fourth-order valence-electron chi connectivity index (χ4n) is 2.17. The third-order valence-corrected chi connectivity index (χ3v) is 3.50. The number of pyridine rings is 1. The van der Waals surface area contributed by atoms with Gasteiger partial charge in [-0.15, -0.1) is 0 Å². The molecule has 1 aromatic carbocycles. The van der Waals surface area contributed by atoms with Gasteiger partial charge in [0, 0.05) is 6.42 Å². The summed E-state index contributed by atoms with van der Waals surface area (Å²) in [7, 11) is 0. The predicted molar refractivity (Wildman–Crippen MR) is 83.5 cm³/mol. The van der Waals surface area contributed by atoms with Crippen molar-refractivity contribution in [3.05, 3.63) is 47.7 Å². The number of hydrogen-bond donors (Lipinski definition) is 1. The minimum atomic E-state index is -0.121. The van der Waals surface area contributed by atoms with Crippen molar-refractivity contribution in [3.8, 4) is 11.5 Å². The van der Waals surface area contributed by atoms with Crippen LogP contribution >= 0.6 is 11.6 Å². The van der Waals surface area contributed by atoms with Gasteiger partial charge in [0.15, 0.2) is 11.5 Å². The largest absolute Gasteiger partial charge is 0.486 e.